The molecule has 10 rings (SSSR count). The minimum atomic E-state index is -4.77. The zero-order chi connectivity index (χ0) is 62.1. The Labute approximate surface area is 488 Å². The molecule has 2 amide bonds. The number of methoxy groups -OCH3 is 4. The molecule has 4 atom stereocenters. The van der Waals surface area contributed by atoms with Crippen LogP contribution in [0.3, 0.4) is 0 Å². The number of rotatable bonds is 14. The molecule has 0 radical (unpaired) electrons. The third-order valence-electron chi connectivity index (χ3n) is 15.6. The van der Waals surface area contributed by atoms with Crippen LogP contribution in [0.4, 0.5) is 35.1 Å². The lowest BCUT2D eigenvalue weighted by molar-refractivity contribution is -0.144. The third-order valence-corrected chi connectivity index (χ3v) is 15.6. The topological polar surface area (TPSA) is 185 Å². The van der Waals surface area contributed by atoms with Crippen molar-refractivity contribution >= 4 is 23.1 Å². The van der Waals surface area contributed by atoms with E-state index in [1.807, 2.05) is 9.80 Å². The van der Waals surface area contributed by atoms with Gasteiger partial charge in [0.25, 0.3) is 11.8 Å². The van der Waals surface area contributed by atoms with Gasteiger partial charge in [-0.2, -0.15) is 36.5 Å². The number of fused-ring (bicyclic) bond motifs is 2. The molecule has 2 N–H and O–H groups in total. The Balaban J connectivity index is 0.000000205. The summed E-state index contributed by atoms with van der Waals surface area (Å²) < 4.78 is 136. The number of nitrogens with zero attached hydrogens (tertiary/aromatic N) is 10. The Morgan fingerprint density at radius 1 is 0.547 bits per heavy atom. The maximum atomic E-state index is 14.3. The molecule has 8 aromatic rings. The first kappa shape index (κ1) is 62.1. The number of alkyl halides is 6. The molecule has 0 spiro atoms. The molecule has 18 nitrogen and oxygen atoms in total. The van der Waals surface area contributed by atoms with Crippen LogP contribution >= 0.6 is 0 Å². The third kappa shape index (κ3) is 12.5. The average molecular weight is 1200 g/mol. The van der Waals surface area contributed by atoms with Crippen LogP contribution in [0.15, 0.2) is 97.3 Å². The lowest BCUT2D eigenvalue weighted by atomic mass is 10.0. The number of aliphatic hydroxyl groups is 2. The van der Waals surface area contributed by atoms with E-state index in [-0.39, 0.29) is 71.2 Å². The molecule has 2 fully saturated rings. The second-order valence-corrected chi connectivity index (χ2v) is 20.8. The van der Waals surface area contributed by atoms with Gasteiger partial charge in [0.2, 0.25) is 0 Å². The Kier molecular flexibility index (Phi) is 18.2. The number of hydrogen-bond acceptors (Lipinski definition) is 14. The van der Waals surface area contributed by atoms with Crippen molar-refractivity contribution in [3.63, 3.8) is 0 Å². The van der Waals surface area contributed by atoms with Crippen molar-refractivity contribution in [2.45, 2.75) is 64.2 Å². The molecular weight excluding hydrogens is 1140 g/mol. The van der Waals surface area contributed by atoms with E-state index in [2.05, 4.69) is 20.2 Å². The van der Waals surface area contributed by atoms with Crippen molar-refractivity contribution < 1.29 is 73.9 Å². The first-order valence-corrected chi connectivity index (χ1v) is 27.1. The second-order valence-electron chi connectivity index (χ2n) is 20.8. The summed E-state index contributed by atoms with van der Waals surface area (Å²) in [6, 6.07) is 19.5. The Hall–Kier alpha value is -8.46. The van der Waals surface area contributed by atoms with Crippen molar-refractivity contribution in [2.75, 3.05) is 80.9 Å². The van der Waals surface area contributed by atoms with Gasteiger partial charge in [0.1, 0.15) is 45.8 Å². The summed E-state index contributed by atoms with van der Waals surface area (Å²) in [5, 5.41) is 28.2. The van der Waals surface area contributed by atoms with Gasteiger partial charge in [-0.25, -0.2) is 27.8 Å². The number of carbonyl (C=O) groups is 2. The number of aliphatic hydroxyl groups excluding tert-OH is 2. The molecule has 6 heterocycles. The molecular formula is C60H62F8N10O8. The number of ether oxygens (including phenoxy) is 4. The highest BCUT2D eigenvalue weighted by atomic mass is 19.4. The van der Waals surface area contributed by atoms with Crippen LogP contribution in [0.5, 0.6) is 23.0 Å². The number of carbonyl (C=O) groups excluding carboxylic acids is 2. The molecule has 26 heteroatoms. The molecule has 0 saturated carbocycles. The fraction of sp³-hybridized carbons (Fsp3) is 0.367. The Morgan fingerprint density at radius 3 is 1.20 bits per heavy atom. The van der Waals surface area contributed by atoms with Crippen molar-refractivity contribution in [3.8, 4) is 45.5 Å². The van der Waals surface area contributed by atoms with Crippen LogP contribution in [0.2, 0.25) is 0 Å². The van der Waals surface area contributed by atoms with Gasteiger partial charge in [-0.05, 0) is 112 Å². The van der Waals surface area contributed by atoms with Gasteiger partial charge in [0.05, 0.1) is 77.5 Å². The number of aromatic nitrogens is 6. The first-order chi connectivity index (χ1) is 40.9. The van der Waals surface area contributed by atoms with Gasteiger partial charge in [-0.1, -0.05) is 0 Å². The molecule has 4 aromatic heterocycles. The number of amides is 2. The molecule has 4 aromatic carbocycles. The monoisotopic (exact) mass is 1200 g/mol. The highest BCUT2D eigenvalue weighted by molar-refractivity contribution is 6.01. The fourth-order valence-electron chi connectivity index (χ4n) is 11.3. The van der Waals surface area contributed by atoms with Crippen LogP contribution < -0.4 is 18.9 Å². The smallest absolute Gasteiger partial charge is 0.433 e. The molecule has 0 bridgehead atoms. The SMILES string of the molecule is COc1ccc(-c2nc3c(C(=O)N4CCN([C@@H](CO)c5cc(F)cc(OC)c5)C[C@H]4C)cnn3c(C(F)(F)F)c2C)cc1.COc1ccc(-c2nc3c(C(=O)N4CCN([C@H](CO)c5cc(F)cc(OC)c5)C[C@H]4C)cnn3c(C(F)(F)F)c2C)cc1. The van der Waals surface area contributed by atoms with E-state index in [4.69, 9.17) is 18.9 Å². The van der Waals surface area contributed by atoms with Crippen molar-refractivity contribution in [1.29, 1.82) is 0 Å². The van der Waals surface area contributed by atoms with Gasteiger partial charge in [-0.15, -0.1) is 0 Å². The lowest BCUT2D eigenvalue weighted by Crippen LogP contribution is -2.55. The van der Waals surface area contributed by atoms with Gasteiger partial charge >= 0.3 is 12.4 Å². The summed E-state index contributed by atoms with van der Waals surface area (Å²) in [4.78, 5) is 43.6. The van der Waals surface area contributed by atoms with E-state index in [0.717, 1.165) is 12.4 Å². The molecule has 2 saturated heterocycles. The fourth-order valence-corrected chi connectivity index (χ4v) is 11.3. The molecule has 0 unspecified atom stereocenters. The summed E-state index contributed by atoms with van der Waals surface area (Å²) >= 11 is 0. The lowest BCUT2D eigenvalue weighted by Gasteiger charge is -2.43. The highest BCUT2D eigenvalue weighted by Crippen LogP contribution is 2.40. The predicted octanol–water partition coefficient (Wildman–Crippen LogP) is 9.52. The van der Waals surface area contributed by atoms with Gasteiger partial charge < -0.3 is 39.0 Å². The summed E-state index contributed by atoms with van der Waals surface area (Å²) in [6.07, 6.45) is -7.30. The zero-order valence-electron chi connectivity index (χ0n) is 48.0. The largest absolute Gasteiger partial charge is 0.497 e. The minimum Gasteiger partial charge on any atom is -0.497 e. The second kappa shape index (κ2) is 25.2. The predicted molar refractivity (Wildman–Crippen MR) is 299 cm³/mol. The summed E-state index contributed by atoms with van der Waals surface area (Å²) in [6.45, 7) is 7.41. The minimum absolute atomic E-state index is 0.0610. The standard InChI is InChI=1S/2C30H31F4N5O4/c2*1-17-15-37(25(16-40)20-11-21(31)13-23(12-20)43-4)9-10-38(17)29(41)24-14-35-39-27(30(32,33)34)18(2)26(36-28(24)39)19-5-7-22(42-3)8-6-19/h2*5-8,11-14,17,25,40H,9-10,15-16H2,1-4H3/t17-,25+;17-,25-/m11/s1. The van der Waals surface area contributed by atoms with Crippen molar-refractivity contribution in [1.82, 2.24) is 48.8 Å². The summed E-state index contributed by atoms with van der Waals surface area (Å²) in [7, 11) is 5.82. The van der Waals surface area contributed by atoms with E-state index in [0.29, 0.717) is 80.5 Å². The number of hydrogen-bond donors (Lipinski definition) is 2. The van der Waals surface area contributed by atoms with E-state index < -0.39 is 71.4 Å². The van der Waals surface area contributed by atoms with Gasteiger partial charge in [-0.3, -0.25) is 19.4 Å². The van der Waals surface area contributed by atoms with Crippen LogP contribution in [-0.4, -0.2) is 164 Å². The molecule has 2 aliphatic rings. The van der Waals surface area contributed by atoms with Crippen LogP contribution in [0, 0.1) is 25.5 Å². The molecule has 0 aliphatic carbocycles. The maximum absolute atomic E-state index is 14.3. The van der Waals surface area contributed by atoms with Crippen LogP contribution in [-0.2, 0) is 12.4 Å². The van der Waals surface area contributed by atoms with E-state index >= 15 is 0 Å². The van der Waals surface area contributed by atoms with E-state index in [1.54, 1.807) is 84.3 Å². The van der Waals surface area contributed by atoms with Gasteiger partial charge in [0.15, 0.2) is 22.7 Å². The molecule has 456 valence electrons. The normalized spacial score (nSPS) is 16.9. The van der Waals surface area contributed by atoms with Crippen LogP contribution in [0.25, 0.3) is 33.8 Å². The zero-order valence-corrected chi connectivity index (χ0v) is 48.0. The number of benzene rings is 4. The Morgan fingerprint density at radius 2 is 0.895 bits per heavy atom. The number of piperazine rings is 2. The summed E-state index contributed by atoms with van der Waals surface area (Å²) in [5.41, 5.74) is -0.760. The van der Waals surface area contributed by atoms with Crippen LogP contribution in [0.1, 0.15) is 80.3 Å². The van der Waals surface area contributed by atoms with E-state index in [9.17, 15) is 54.9 Å². The molecule has 86 heavy (non-hydrogen) atoms. The summed E-state index contributed by atoms with van der Waals surface area (Å²) in [5.74, 6) is -0.327. The van der Waals surface area contributed by atoms with Crippen molar-refractivity contribution in [3.05, 3.63) is 154 Å². The number of halogens is 8. The quantitative estimate of drug-likeness (QED) is 0.0981. The average Bonchev–Trinajstić information content (AvgIpc) is 1.55. The molecule has 2 aliphatic heterocycles. The Bertz CT molecular complexity index is 3520. The highest BCUT2D eigenvalue weighted by Gasteiger charge is 2.42. The van der Waals surface area contributed by atoms with E-state index in [1.165, 1.54) is 66.6 Å². The first-order valence-electron chi connectivity index (χ1n) is 27.1. The maximum Gasteiger partial charge on any atom is 0.433 e. The van der Waals surface area contributed by atoms with Crippen molar-refractivity contribution in [2.24, 2.45) is 0 Å². The van der Waals surface area contributed by atoms with Gasteiger partial charge in [0, 0.05) is 85.7 Å².